The largest absolute Gasteiger partial charge is 0.367 e. The number of aryl methyl sites for hydroxylation is 1. The van der Waals surface area contributed by atoms with Crippen LogP contribution < -0.4 is 9.62 Å². The van der Waals surface area contributed by atoms with Crippen molar-refractivity contribution in [3.8, 4) is 0 Å². The fraction of sp³-hybridized carbons (Fsp3) is 0.571. The Kier molecular flexibility index (Phi) is 4.15. The molecule has 1 fully saturated rings. The molecule has 1 aliphatic heterocycles. The first-order valence-corrected chi connectivity index (χ1v) is 9.13. The standard InChI is InChI=1S/C14H22N6O2S/c1-11(2)20-10-14(7-16-20)23(21,22)17-12-4-5-19(8-12)13-6-15-18(3)9-13/h6-7,9-12,17H,4-5,8H2,1-3H3. The molecule has 0 amide bonds. The van der Waals surface area contributed by atoms with Crippen molar-refractivity contribution in [1.82, 2.24) is 24.3 Å². The molecule has 1 saturated heterocycles. The normalized spacial score (nSPS) is 19.0. The van der Waals surface area contributed by atoms with Gasteiger partial charge in [0, 0.05) is 44.6 Å². The van der Waals surface area contributed by atoms with Gasteiger partial charge in [-0.3, -0.25) is 9.36 Å². The number of sulfonamides is 1. The minimum atomic E-state index is -3.54. The van der Waals surface area contributed by atoms with Crippen LogP contribution >= 0.6 is 0 Å². The van der Waals surface area contributed by atoms with E-state index in [2.05, 4.69) is 19.8 Å². The van der Waals surface area contributed by atoms with Crippen LogP contribution in [0.2, 0.25) is 0 Å². The fourth-order valence-electron chi connectivity index (χ4n) is 2.69. The molecule has 1 atom stereocenters. The van der Waals surface area contributed by atoms with Gasteiger partial charge in [0.25, 0.3) is 0 Å². The molecule has 126 valence electrons. The van der Waals surface area contributed by atoms with Crippen molar-refractivity contribution in [3.05, 3.63) is 24.8 Å². The first-order chi connectivity index (χ1) is 10.8. The highest BCUT2D eigenvalue weighted by atomic mass is 32.2. The van der Waals surface area contributed by atoms with E-state index < -0.39 is 10.0 Å². The van der Waals surface area contributed by atoms with Crippen molar-refractivity contribution in [2.75, 3.05) is 18.0 Å². The molecule has 8 nitrogen and oxygen atoms in total. The second-order valence-electron chi connectivity index (χ2n) is 6.17. The van der Waals surface area contributed by atoms with Crippen LogP contribution in [0.15, 0.2) is 29.7 Å². The van der Waals surface area contributed by atoms with Crippen molar-refractivity contribution < 1.29 is 8.42 Å². The Morgan fingerprint density at radius 3 is 2.65 bits per heavy atom. The number of nitrogens with zero attached hydrogens (tertiary/aromatic N) is 5. The van der Waals surface area contributed by atoms with Crippen LogP contribution in [0, 0.1) is 0 Å². The average Bonchev–Trinajstić information content (AvgIpc) is 3.16. The van der Waals surface area contributed by atoms with Crippen molar-refractivity contribution in [2.45, 2.75) is 37.2 Å². The number of nitrogens with one attached hydrogen (secondary N) is 1. The second-order valence-corrected chi connectivity index (χ2v) is 7.89. The summed E-state index contributed by atoms with van der Waals surface area (Å²) in [5.74, 6) is 0. The van der Waals surface area contributed by atoms with Crippen molar-refractivity contribution >= 4 is 15.7 Å². The topological polar surface area (TPSA) is 85.0 Å². The summed E-state index contributed by atoms with van der Waals surface area (Å²) in [4.78, 5) is 2.35. The van der Waals surface area contributed by atoms with E-state index in [9.17, 15) is 8.42 Å². The Hall–Kier alpha value is -1.87. The molecule has 0 radical (unpaired) electrons. The number of anilines is 1. The van der Waals surface area contributed by atoms with Crippen LogP contribution in [0.4, 0.5) is 5.69 Å². The second kappa shape index (κ2) is 5.97. The maximum absolute atomic E-state index is 12.5. The van der Waals surface area contributed by atoms with E-state index >= 15 is 0 Å². The predicted octanol–water partition coefficient (Wildman–Crippen LogP) is 0.755. The van der Waals surface area contributed by atoms with Gasteiger partial charge in [-0.2, -0.15) is 10.2 Å². The average molecular weight is 338 g/mol. The van der Waals surface area contributed by atoms with Gasteiger partial charge >= 0.3 is 0 Å². The van der Waals surface area contributed by atoms with Crippen molar-refractivity contribution in [1.29, 1.82) is 0 Å². The molecule has 2 aromatic rings. The number of hydrogen-bond donors (Lipinski definition) is 1. The summed E-state index contributed by atoms with van der Waals surface area (Å²) in [5.41, 5.74) is 1.02. The first-order valence-electron chi connectivity index (χ1n) is 7.65. The summed E-state index contributed by atoms with van der Waals surface area (Å²) in [7, 11) is -1.67. The molecule has 0 bridgehead atoms. The maximum Gasteiger partial charge on any atom is 0.244 e. The molecule has 0 spiro atoms. The molecule has 3 heterocycles. The number of hydrogen-bond acceptors (Lipinski definition) is 5. The molecule has 0 saturated carbocycles. The van der Waals surface area contributed by atoms with E-state index in [0.29, 0.717) is 6.54 Å². The van der Waals surface area contributed by atoms with Crippen LogP contribution in [0.1, 0.15) is 26.3 Å². The Bertz CT molecular complexity index is 779. The Balaban J connectivity index is 1.67. The van der Waals surface area contributed by atoms with E-state index in [1.165, 1.54) is 6.20 Å². The molecule has 1 N–H and O–H groups in total. The van der Waals surface area contributed by atoms with Gasteiger partial charge in [-0.05, 0) is 20.3 Å². The molecular weight excluding hydrogens is 316 g/mol. The zero-order valence-electron chi connectivity index (χ0n) is 13.5. The molecule has 3 rings (SSSR count). The van der Waals surface area contributed by atoms with Crippen LogP contribution in [0.5, 0.6) is 0 Å². The molecule has 0 aliphatic carbocycles. The van der Waals surface area contributed by atoms with E-state index in [-0.39, 0.29) is 17.0 Å². The lowest BCUT2D eigenvalue weighted by Gasteiger charge is -2.16. The van der Waals surface area contributed by atoms with Gasteiger partial charge in [0.05, 0.1) is 18.1 Å². The van der Waals surface area contributed by atoms with Crippen molar-refractivity contribution in [2.24, 2.45) is 7.05 Å². The van der Waals surface area contributed by atoms with Gasteiger partial charge in [-0.1, -0.05) is 0 Å². The van der Waals surface area contributed by atoms with Crippen LogP contribution in [0.3, 0.4) is 0 Å². The predicted molar refractivity (Wildman–Crippen MR) is 86.8 cm³/mol. The van der Waals surface area contributed by atoms with E-state index in [1.54, 1.807) is 21.8 Å². The lowest BCUT2D eigenvalue weighted by atomic mass is 10.3. The van der Waals surface area contributed by atoms with Crippen molar-refractivity contribution in [3.63, 3.8) is 0 Å². The molecule has 1 unspecified atom stereocenters. The Morgan fingerprint density at radius 1 is 1.26 bits per heavy atom. The lowest BCUT2D eigenvalue weighted by Crippen LogP contribution is -2.36. The third kappa shape index (κ3) is 3.40. The van der Waals surface area contributed by atoms with E-state index in [0.717, 1.165) is 18.7 Å². The van der Waals surface area contributed by atoms with Gasteiger partial charge in [0.15, 0.2) is 0 Å². The highest BCUT2D eigenvalue weighted by Gasteiger charge is 2.28. The number of aromatic nitrogens is 4. The summed E-state index contributed by atoms with van der Waals surface area (Å²) in [6.45, 7) is 5.37. The Morgan fingerprint density at radius 2 is 2.04 bits per heavy atom. The fourth-order valence-corrected chi connectivity index (χ4v) is 3.89. The molecule has 1 aliphatic rings. The van der Waals surface area contributed by atoms with Gasteiger partial charge in [-0.15, -0.1) is 0 Å². The SMILES string of the molecule is CC(C)n1cc(S(=O)(=O)NC2CCN(c3cnn(C)c3)C2)cn1. The molecule has 23 heavy (non-hydrogen) atoms. The smallest absolute Gasteiger partial charge is 0.244 e. The van der Waals surface area contributed by atoms with Gasteiger partial charge in [0.2, 0.25) is 10.0 Å². The highest BCUT2D eigenvalue weighted by molar-refractivity contribution is 7.89. The zero-order valence-corrected chi connectivity index (χ0v) is 14.4. The maximum atomic E-state index is 12.5. The van der Waals surface area contributed by atoms with E-state index in [1.807, 2.05) is 27.1 Å². The van der Waals surface area contributed by atoms with Gasteiger partial charge in [-0.25, -0.2) is 13.1 Å². The molecule has 0 aromatic carbocycles. The number of rotatable bonds is 5. The van der Waals surface area contributed by atoms with Gasteiger partial charge < -0.3 is 4.90 Å². The van der Waals surface area contributed by atoms with E-state index in [4.69, 9.17) is 0 Å². The zero-order chi connectivity index (χ0) is 16.6. The third-order valence-corrected chi connectivity index (χ3v) is 5.46. The van der Waals surface area contributed by atoms with Crippen LogP contribution in [-0.2, 0) is 17.1 Å². The highest BCUT2D eigenvalue weighted by Crippen LogP contribution is 2.20. The quantitative estimate of drug-likeness (QED) is 0.870. The minimum Gasteiger partial charge on any atom is -0.367 e. The molecule has 9 heteroatoms. The summed E-state index contributed by atoms with van der Waals surface area (Å²) in [6.07, 6.45) is 7.47. The third-order valence-electron chi connectivity index (χ3n) is 3.98. The summed E-state index contributed by atoms with van der Waals surface area (Å²) in [6, 6.07) is 0.0223. The summed E-state index contributed by atoms with van der Waals surface area (Å²) < 4.78 is 31.1. The summed E-state index contributed by atoms with van der Waals surface area (Å²) in [5, 5.41) is 8.25. The molecule has 2 aromatic heterocycles. The van der Waals surface area contributed by atoms with Gasteiger partial charge in [0.1, 0.15) is 4.90 Å². The minimum absolute atomic E-state index is 0.109. The summed E-state index contributed by atoms with van der Waals surface area (Å²) >= 11 is 0. The van der Waals surface area contributed by atoms with Crippen LogP contribution in [0.25, 0.3) is 0 Å². The lowest BCUT2D eigenvalue weighted by molar-refractivity contribution is 0.530. The Labute approximate surface area is 136 Å². The first kappa shape index (κ1) is 16.0. The molecular formula is C14H22N6O2S. The van der Waals surface area contributed by atoms with Crippen LogP contribution in [-0.4, -0.2) is 47.1 Å². The monoisotopic (exact) mass is 338 g/mol.